The quantitative estimate of drug-likeness (QED) is 0.776. The van der Waals surface area contributed by atoms with Crippen molar-refractivity contribution in [2.45, 2.75) is 38.8 Å². The Morgan fingerprint density at radius 1 is 1.33 bits per heavy atom. The van der Waals surface area contributed by atoms with Crippen LogP contribution in [0.3, 0.4) is 0 Å². The van der Waals surface area contributed by atoms with Crippen LogP contribution in [0.15, 0.2) is 0 Å². The van der Waals surface area contributed by atoms with Crippen LogP contribution >= 0.6 is 11.8 Å². The minimum absolute atomic E-state index is 0.536. The van der Waals surface area contributed by atoms with Crippen LogP contribution in [0.5, 0.6) is 0 Å². The molecule has 88 valence electrons. The summed E-state index contributed by atoms with van der Waals surface area (Å²) in [4.78, 5) is 2.63. The molecule has 1 N–H and O–H groups in total. The number of hydrogen-bond acceptors (Lipinski definition) is 3. The summed E-state index contributed by atoms with van der Waals surface area (Å²) in [5.41, 5.74) is 0.536. The molecule has 2 saturated heterocycles. The van der Waals surface area contributed by atoms with Gasteiger partial charge in [-0.15, -0.1) is 0 Å². The lowest BCUT2D eigenvalue weighted by atomic mass is 9.87. The van der Waals surface area contributed by atoms with E-state index in [-0.39, 0.29) is 0 Å². The topological polar surface area (TPSA) is 15.3 Å². The van der Waals surface area contributed by atoms with Crippen molar-refractivity contribution in [2.24, 2.45) is 5.41 Å². The highest BCUT2D eigenvalue weighted by molar-refractivity contribution is 7.99. The van der Waals surface area contributed by atoms with E-state index >= 15 is 0 Å². The highest BCUT2D eigenvalue weighted by atomic mass is 32.2. The van der Waals surface area contributed by atoms with Gasteiger partial charge in [0.2, 0.25) is 0 Å². The molecule has 2 aliphatic rings. The van der Waals surface area contributed by atoms with Crippen molar-refractivity contribution in [1.82, 2.24) is 10.2 Å². The lowest BCUT2D eigenvalue weighted by Crippen LogP contribution is -2.47. The molecule has 2 fully saturated rings. The molecule has 0 saturated carbocycles. The summed E-state index contributed by atoms with van der Waals surface area (Å²) in [5.74, 6) is 2.66. The Labute approximate surface area is 98.2 Å². The second kappa shape index (κ2) is 4.64. The Balaban J connectivity index is 1.91. The van der Waals surface area contributed by atoms with E-state index in [9.17, 15) is 0 Å². The van der Waals surface area contributed by atoms with Crippen molar-refractivity contribution in [3.63, 3.8) is 0 Å². The van der Waals surface area contributed by atoms with Crippen molar-refractivity contribution in [1.29, 1.82) is 0 Å². The fourth-order valence-electron chi connectivity index (χ4n) is 2.77. The van der Waals surface area contributed by atoms with Crippen LogP contribution in [0.1, 0.15) is 26.7 Å². The Morgan fingerprint density at radius 2 is 2.13 bits per heavy atom. The number of hydrogen-bond donors (Lipinski definition) is 1. The van der Waals surface area contributed by atoms with Gasteiger partial charge in [-0.1, -0.05) is 13.8 Å². The fraction of sp³-hybridized carbons (Fsp3) is 1.00. The predicted octanol–water partition coefficient (Wildman–Crippen LogP) is 1.81. The minimum Gasteiger partial charge on any atom is -0.315 e. The van der Waals surface area contributed by atoms with Gasteiger partial charge in [-0.05, 0) is 37.6 Å². The minimum atomic E-state index is 0.536. The van der Waals surface area contributed by atoms with Gasteiger partial charge in [0.05, 0.1) is 0 Å². The lowest BCUT2D eigenvalue weighted by molar-refractivity contribution is 0.150. The summed E-state index contributed by atoms with van der Waals surface area (Å²) in [6.45, 7) is 7.22. The predicted molar refractivity (Wildman–Crippen MR) is 68.5 cm³/mol. The monoisotopic (exact) mass is 228 g/mol. The second-order valence-electron chi connectivity index (χ2n) is 5.85. The number of nitrogens with one attached hydrogen (secondary N) is 1. The Bertz CT molecular complexity index is 212. The summed E-state index contributed by atoms with van der Waals surface area (Å²) in [7, 11) is 2.32. The summed E-state index contributed by atoms with van der Waals surface area (Å²) < 4.78 is 0. The molecule has 2 rings (SSSR count). The zero-order valence-corrected chi connectivity index (χ0v) is 11.1. The molecular formula is C12H24N2S. The lowest BCUT2D eigenvalue weighted by Gasteiger charge is -2.41. The van der Waals surface area contributed by atoms with Gasteiger partial charge in [0, 0.05) is 24.4 Å². The van der Waals surface area contributed by atoms with E-state index in [1.54, 1.807) is 0 Å². The average Bonchev–Trinajstić information content (AvgIpc) is 2.67. The second-order valence-corrected chi connectivity index (χ2v) is 6.88. The summed E-state index contributed by atoms with van der Waals surface area (Å²) >= 11 is 2.14. The number of thioether (sulfide) groups is 1. The Hall–Kier alpha value is 0.270. The van der Waals surface area contributed by atoms with Gasteiger partial charge in [-0.2, -0.15) is 11.8 Å². The van der Waals surface area contributed by atoms with Crippen LogP contribution in [-0.4, -0.2) is 48.6 Å². The largest absolute Gasteiger partial charge is 0.315 e. The zero-order chi connectivity index (χ0) is 10.9. The SMILES string of the molecule is CN(C1CCNC1)C1CSCC(C)(C)C1. The maximum Gasteiger partial charge on any atom is 0.0232 e. The van der Waals surface area contributed by atoms with E-state index in [1.807, 2.05) is 0 Å². The van der Waals surface area contributed by atoms with Crippen molar-refractivity contribution in [2.75, 3.05) is 31.6 Å². The van der Waals surface area contributed by atoms with Gasteiger partial charge in [-0.3, -0.25) is 4.90 Å². The summed E-state index contributed by atoms with van der Waals surface area (Å²) in [6.07, 6.45) is 2.70. The van der Waals surface area contributed by atoms with Gasteiger partial charge >= 0.3 is 0 Å². The highest BCUT2D eigenvalue weighted by Gasteiger charge is 2.33. The van der Waals surface area contributed by atoms with Gasteiger partial charge in [0.15, 0.2) is 0 Å². The van der Waals surface area contributed by atoms with Gasteiger partial charge in [0.25, 0.3) is 0 Å². The van der Waals surface area contributed by atoms with E-state index in [4.69, 9.17) is 0 Å². The van der Waals surface area contributed by atoms with Crippen LogP contribution in [0.25, 0.3) is 0 Å². The summed E-state index contributed by atoms with van der Waals surface area (Å²) in [5, 5.41) is 3.46. The molecule has 2 heterocycles. The molecular weight excluding hydrogens is 204 g/mol. The van der Waals surface area contributed by atoms with E-state index in [2.05, 4.69) is 42.9 Å². The van der Waals surface area contributed by atoms with Crippen molar-refractivity contribution in [3.05, 3.63) is 0 Å². The van der Waals surface area contributed by atoms with Crippen LogP contribution in [0, 0.1) is 5.41 Å². The molecule has 2 atom stereocenters. The molecule has 0 amide bonds. The first-order valence-electron chi connectivity index (χ1n) is 6.09. The molecule has 0 aromatic heterocycles. The zero-order valence-electron chi connectivity index (χ0n) is 10.3. The first-order valence-corrected chi connectivity index (χ1v) is 7.24. The van der Waals surface area contributed by atoms with Gasteiger partial charge in [-0.25, -0.2) is 0 Å². The molecule has 0 aromatic rings. The van der Waals surface area contributed by atoms with E-state index in [1.165, 1.54) is 37.4 Å². The molecule has 0 bridgehead atoms. The molecule has 2 nitrogen and oxygen atoms in total. The molecule has 0 radical (unpaired) electrons. The first kappa shape index (κ1) is 11.7. The first-order chi connectivity index (χ1) is 7.08. The fourth-order valence-corrected chi connectivity index (χ4v) is 4.19. The highest BCUT2D eigenvalue weighted by Crippen LogP contribution is 2.36. The number of likely N-dealkylation sites (N-methyl/N-ethyl adjacent to an activating group) is 1. The van der Waals surface area contributed by atoms with Crippen LogP contribution in [0.2, 0.25) is 0 Å². The standard InChI is InChI=1S/C12H24N2S/c1-12(2)6-11(8-15-9-12)14(3)10-4-5-13-7-10/h10-11,13H,4-9H2,1-3H3. The third-order valence-electron chi connectivity index (χ3n) is 3.78. The van der Waals surface area contributed by atoms with Crippen molar-refractivity contribution in [3.8, 4) is 0 Å². The normalized spacial score (nSPS) is 36.0. The third kappa shape index (κ3) is 2.89. The van der Waals surface area contributed by atoms with Crippen LogP contribution in [-0.2, 0) is 0 Å². The average molecular weight is 228 g/mol. The number of rotatable bonds is 2. The molecule has 15 heavy (non-hydrogen) atoms. The Morgan fingerprint density at radius 3 is 2.73 bits per heavy atom. The molecule has 0 spiro atoms. The molecule has 3 heteroatoms. The number of nitrogens with zero attached hydrogens (tertiary/aromatic N) is 1. The molecule has 0 aromatic carbocycles. The smallest absolute Gasteiger partial charge is 0.0232 e. The maximum atomic E-state index is 3.46. The maximum absolute atomic E-state index is 3.46. The van der Waals surface area contributed by atoms with Crippen LogP contribution < -0.4 is 5.32 Å². The van der Waals surface area contributed by atoms with Gasteiger partial charge in [0.1, 0.15) is 0 Å². The van der Waals surface area contributed by atoms with E-state index < -0.39 is 0 Å². The molecule has 0 aliphatic carbocycles. The van der Waals surface area contributed by atoms with E-state index in [0.29, 0.717) is 5.41 Å². The van der Waals surface area contributed by atoms with E-state index in [0.717, 1.165) is 12.1 Å². The summed E-state index contributed by atoms with van der Waals surface area (Å²) in [6, 6.07) is 1.58. The van der Waals surface area contributed by atoms with Crippen molar-refractivity contribution >= 4 is 11.8 Å². The molecule has 2 unspecified atom stereocenters. The van der Waals surface area contributed by atoms with Crippen LogP contribution in [0.4, 0.5) is 0 Å². The van der Waals surface area contributed by atoms with Crippen molar-refractivity contribution < 1.29 is 0 Å². The van der Waals surface area contributed by atoms with Gasteiger partial charge < -0.3 is 5.32 Å². The third-order valence-corrected chi connectivity index (χ3v) is 5.38. The Kier molecular flexibility index (Phi) is 3.63. The molecule has 2 aliphatic heterocycles.